The minimum absolute atomic E-state index is 0.0842. The van der Waals surface area contributed by atoms with E-state index in [-0.39, 0.29) is 12.5 Å². The predicted molar refractivity (Wildman–Crippen MR) is 104 cm³/mol. The number of benzene rings is 2. The summed E-state index contributed by atoms with van der Waals surface area (Å²) in [5.41, 5.74) is 1.11. The Kier molecular flexibility index (Phi) is 6.13. The van der Waals surface area contributed by atoms with Crippen molar-refractivity contribution in [2.45, 2.75) is 4.90 Å². The molecule has 0 spiro atoms. The van der Waals surface area contributed by atoms with Crippen LogP contribution in [0.2, 0.25) is 10.0 Å². The van der Waals surface area contributed by atoms with Crippen LogP contribution in [-0.2, 0) is 4.79 Å². The molecule has 130 valence electrons. The second-order valence-corrected chi connectivity index (χ2v) is 7.24. The van der Waals surface area contributed by atoms with Gasteiger partial charge in [0.1, 0.15) is 5.75 Å². The van der Waals surface area contributed by atoms with Crippen molar-refractivity contribution in [3.63, 3.8) is 0 Å². The van der Waals surface area contributed by atoms with Gasteiger partial charge in [-0.2, -0.15) is 0 Å². The van der Waals surface area contributed by atoms with Gasteiger partial charge in [-0.25, -0.2) is 0 Å². The van der Waals surface area contributed by atoms with Crippen LogP contribution in [0.1, 0.15) is 0 Å². The molecule has 3 rings (SSSR count). The first-order chi connectivity index (χ1) is 12.1. The van der Waals surface area contributed by atoms with Gasteiger partial charge in [0.2, 0.25) is 0 Å². The lowest BCUT2D eigenvalue weighted by atomic mass is 10.2. The fourth-order valence-corrected chi connectivity index (χ4v) is 3.67. The van der Waals surface area contributed by atoms with Crippen LogP contribution in [0.25, 0.3) is 10.9 Å². The molecule has 0 atom stereocenters. The normalized spacial score (nSPS) is 10.8. The van der Waals surface area contributed by atoms with Crippen LogP contribution in [-0.4, -0.2) is 29.8 Å². The second-order valence-electron chi connectivity index (χ2n) is 5.26. The first kappa shape index (κ1) is 18.0. The van der Waals surface area contributed by atoms with Crippen molar-refractivity contribution in [2.75, 3.05) is 18.9 Å². The van der Waals surface area contributed by atoms with Crippen molar-refractivity contribution in [2.24, 2.45) is 0 Å². The molecule has 2 N–H and O–H groups in total. The average Bonchev–Trinajstić information content (AvgIpc) is 3.01. The molecule has 0 aliphatic rings. The van der Waals surface area contributed by atoms with Crippen molar-refractivity contribution in [1.29, 1.82) is 0 Å². The van der Waals surface area contributed by atoms with E-state index in [1.54, 1.807) is 30.0 Å². The Morgan fingerprint density at radius 2 is 2.04 bits per heavy atom. The summed E-state index contributed by atoms with van der Waals surface area (Å²) in [6.45, 7) is 0.472. The van der Waals surface area contributed by atoms with Crippen LogP contribution in [0.15, 0.2) is 53.6 Å². The minimum atomic E-state index is -0.189. The van der Waals surface area contributed by atoms with Crippen LogP contribution >= 0.6 is 35.0 Å². The second kappa shape index (κ2) is 8.52. The smallest absolute Gasteiger partial charge is 0.257 e. The lowest BCUT2D eigenvalue weighted by Crippen LogP contribution is -2.30. The monoisotopic (exact) mass is 394 g/mol. The topological polar surface area (TPSA) is 54.1 Å². The van der Waals surface area contributed by atoms with Gasteiger partial charge in [0, 0.05) is 39.3 Å². The van der Waals surface area contributed by atoms with Crippen molar-refractivity contribution in [3.05, 3.63) is 58.7 Å². The number of amides is 1. The zero-order valence-corrected chi connectivity index (χ0v) is 15.5. The maximum atomic E-state index is 11.8. The highest BCUT2D eigenvalue weighted by atomic mass is 35.5. The Hall–Kier alpha value is -1.82. The molecule has 0 radical (unpaired) electrons. The van der Waals surface area contributed by atoms with Gasteiger partial charge in [0.05, 0.1) is 5.02 Å². The number of hydrogen-bond donors (Lipinski definition) is 2. The molecular weight excluding hydrogens is 379 g/mol. The van der Waals surface area contributed by atoms with E-state index in [1.165, 1.54) is 10.3 Å². The number of halogens is 2. The van der Waals surface area contributed by atoms with Gasteiger partial charge in [-0.15, -0.1) is 11.8 Å². The first-order valence-electron chi connectivity index (χ1n) is 7.67. The van der Waals surface area contributed by atoms with Crippen molar-refractivity contribution in [1.82, 2.24) is 10.3 Å². The molecule has 0 aliphatic carbocycles. The number of thioether (sulfide) groups is 1. The Morgan fingerprint density at radius 3 is 2.88 bits per heavy atom. The highest BCUT2D eigenvalue weighted by molar-refractivity contribution is 7.99. The quantitative estimate of drug-likeness (QED) is 0.448. The maximum absolute atomic E-state index is 11.8. The van der Waals surface area contributed by atoms with E-state index in [0.717, 1.165) is 11.3 Å². The highest BCUT2D eigenvalue weighted by Gasteiger charge is 2.07. The number of carbonyl (C=O) groups excluding carboxylic acids is 1. The van der Waals surface area contributed by atoms with E-state index < -0.39 is 0 Å². The number of H-pyrrole nitrogens is 1. The fraction of sp³-hybridized carbons (Fsp3) is 0.167. The molecule has 3 aromatic rings. The number of aromatic nitrogens is 1. The molecule has 0 unspecified atom stereocenters. The minimum Gasteiger partial charge on any atom is -0.482 e. The third-order valence-corrected chi connectivity index (χ3v) is 5.07. The predicted octanol–water partition coefficient (Wildman–Crippen LogP) is 4.76. The van der Waals surface area contributed by atoms with Gasteiger partial charge in [-0.1, -0.05) is 41.4 Å². The Morgan fingerprint density at radius 1 is 1.20 bits per heavy atom. The zero-order chi connectivity index (χ0) is 17.6. The molecule has 25 heavy (non-hydrogen) atoms. The van der Waals surface area contributed by atoms with Gasteiger partial charge < -0.3 is 15.0 Å². The number of fused-ring (bicyclic) bond motifs is 1. The number of nitrogens with one attached hydrogen (secondary N) is 2. The van der Waals surface area contributed by atoms with Gasteiger partial charge in [0.25, 0.3) is 5.91 Å². The average molecular weight is 395 g/mol. The van der Waals surface area contributed by atoms with Gasteiger partial charge in [0.15, 0.2) is 6.61 Å². The molecule has 0 saturated heterocycles. The van der Waals surface area contributed by atoms with E-state index in [1.807, 2.05) is 24.4 Å². The Balaban J connectivity index is 1.40. The third-order valence-electron chi connectivity index (χ3n) is 3.49. The molecule has 1 amide bonds. The standard InChI is InChI=1S/C18H16Cl2N2O2S/c19-12-5-6-16(14(20)9-12)24-11-18(23)21-7-8-25-17-10-22-15-4-2-1-3-13(15)17/h1-6,9-10,22H,7-8,11H2,(H,21,23). The van der Waals surface area contributed by atoms with Crippen LogP contribution < -0.4 is 10.1 Å². The summed E-state index contributed by atoms with van der Waals surface area (Å²) in [5.74, 6) is 1.02. The SMILES string of the molecule is O=C(COc1ccc(Cl)cc1Cl)NCCSc1c[nH]c2ccccc12. The molecule has 0 bridgehead atoms. The van der Waals surface area contributed by atoms with E-state index in [2.05, 4.69) is 16.4 Å². The van der Waals surface area contributed by atoms with Crippen LogP contribution in [0.4, 0.5) is 0 Å². The van der Waals surface area contributed by atoms with E-state index in [9.17, 15) is 4.79 Å². The molecule has 0 aliphatic heterocycles. The van der Waals surface area contributed by atoms with Gasteiger partial charge in [-0.3, -0.25) is 4.79 Å². The maximum Gasteiger partial charge on any atom is 0.257 e. The summed E-state index contributed by atoms with van der Waals surface area (Å²) < 4.78 is 5.40. The number of carbonyl (C=O) groups is 1. The molecule has 4 nitrogen and oxygen atoms in total. The number of para-hydroxylation sites is 1. The molecule has 0 fully saturated rings. The summed E-state index contributed by atoms with van der Waals surface area (Å²) in [6.07, 6.45) is 1.99. The van der Waals surface area contributed by atoms with Crippen LogP contribution in [0.3, 0.4) is 0 Å². The molecule has 0 saturated carbocycles. The number of hydrogen-bond acceptors (Lipinski definition) is 3. The number of ether oxygens (including phenoxy) is 1. The summed E-state index contributed by atoms with van der Waals surface area (Å²) in [5, 5.41) is 4.93. The number of rotatable bonds is 7. The Labute approximate surface area is 159 Å². The van der Waals surface area contributed by atoms with Crippen LogP contribution in [0, 0.1) is 0 Å². The lowest BCUT2D eigenvalue weighted by molar-refractivity contribution is -0.122. The molecular formula is C18H16Cl2N2O2S. The Bertz CT molecular complexity index is 882. The van der Waals surface area contributed by atoms with Crippen molar-refractivity contribution in [3.8, 4) is 5.75 Å². The lowest BCUT2D eigenvalue weighted by Gasteiger charge is -2.09. The van der Waals surface area contributed by atoms with E-state index in [4.69, 9.17) is 27.9 Å². The zero-order valence-electron chi connectivity index (χ0n) is 13.2. The largest absolute Gasteiger partial charge is 0.482 e. The summed E-state index contributed by atoms with van der Waals surface area (Å²) in [6, 6.07) is 13.0. The van der Waals surface area contributed by atoms with Crippen molar-refractivity contribution < 1.29 is 9.53 Å². The third kappa shape index (κ3) is 4.84. The highest BCUT2D eigenvalue weighted by Crippen LogP contribution is 2.28. The van der Waals surface area contributed by atoms with Gasteiger partial charge >= 0.3 is 0 Å². The molecule has 2 aromatic carbocycles. The van der Waals surface area contributed by atoms with Crippen molar-refractivity contribution >= 4 is 51.8 Å². The van der Waals surface area contributed by atoms with Gasteiger partial charge in [-0.05, 0) is 24.3 Å². The summed E-state index contributed by atoms with van der Waals surface area (Å²) in [4.78, 5) is 16.3. The fourth-order valence-electron chi connectivity index (χ4n) is 2.30. The molecule has 7 heteroatoms. The first-order valence-corrected chi connectivity index (χ1v) is 9.41. The number of aromatic amines is 1. The van der Waals surface area contributed by atoms with E-state index in [0.29, 0.717) is 22.3 Å². The summed E-state index contributed by atoms with van der Waals surface area (Å²) >= 11 is 13.5. The molecule has 1 aromatic heterocycles. The van der Waals surface area contributed by atoms with E-state index >= 15 is 0 Å². The summed E-state index contributed by atoms with van der Waals surface area (Å²) in [7, 11) is 0. The molecule has 1 heterocycles. The van der Waals surface area contributed by atoms with Crippen LogP contribution in [0.5, 0.6) is 5.75 Å².